The molecule has 0 radical (unpaired) electrons. The molecule has 0 bridgehead atoms. The normalized spacial score (nSPS) is 16.9. The van der Waals surface area contributed by atoms with Crippen LogP contribution < -0.4 is 0 Å². The standard InChI is InChI=1S/C11H17NO3S/c1-3-9-8(2)12(10(13)7-16-9)6-4-5-11(14)15/h3-7H2,1-2H3,(H,14,15). The fourth-order valence-electron chi connectivity index (χ4n) is 1.71. The third kappa shape index (κ3) is 3.27. The van der Waals surface area contributed by atoms with Gasteiger partial charge in [-0.25, -0.2) is 0 Å². The fraction of sp³-hybridized carbons (Fsp3) is 0.636. The minimum absolute atomic E-state index is 0.0880. The predicted octanol–water partition coefficient (Wildman–Crippen LogP) is 2.07. The molecule has 0 aromatic carbocycles. The van der Waals surface area contributed by atoms with Crippen molar-refractivity contribution in [1.82, 2.24) is 4.90 Å². The highest BCUT2D eigenvalue weighted by Gasteiger charge is 2.23. The first-order valence-electron chi connectivity index (χ1n) is 5.41. The van der Waals surface area contributed by atoms with Gasteiger partial charge in [-0.2, -0.15) is 0 Å². The highest BCUT2D eigenvalue weighted by atomic mass is 32.2. The van der Waals surface area contributed by atoms with Crippen molar-refractivity contribution < 1.29 is 14.7 Å². The Bertz CT molecular complexity index is 325. The van der Waals surface area contributed by atoms with E-state index < -0.39 is 5.97 Å². The van der Waals surface area contributed by atoms with Crippen molar-refractivity contribution in [3.63, 3.8) is 0 Å². The Hall–Kier alpha value is -0.970. The Labute approximate surface area is 99.7 Å². The second kappa shape index (κ2) is 5.94. The molecule has 1 rings (SSSR count). The van der Waals surface area contributed by atoms with Crippen LogP contribution in [0.2, 0.25) is 0 Å². The van der Waals surface area contributed by atoms with Gasteiger partial charge in [-0.1, -0.05) is 6.92 Å². The van der Waals surface area contributed by atoms with E-state index in [0.717, 1.165) is 12.1 Å². The van der Waals surface area contributed by atoms with Gasteiger partial charge in [-0.15, -0.1) is 11.8 Å². The van der Waals surface area contributed by atoms with E-state index in [1.54, 1.807) is 16.7 Å². The van der Waals surface area contributed by atoms with Crippen LogP contribution in [0.3, 0.4) is 0 Å². The van der Waals surface area contributed by atoms with E-state index in [9.17, 15) is 9.59 Å². The topological polar surface area (TPSA) is 57.6 Å². The number of amides is 1. The Kier molecular flexibility index (Phi) is 4.86. The zero-order valence-corrected chi connectivity index (χ0v) is 10.5. The van der Waals surface area contributed by atoms with Crippen LogP contribution in [0, 0.1) is 0 Å². The van der Waals surface area contributed by atoms with Crippen molar-refractivity contribution in [3.8, 4) is 0 Å². The largest absolute Gasteiger partial charge is 0.481 e. The molecular weight excluding hydrogens is 226 g/mol. The lowest BCUT2D eigenvalue weighted by atomic mass is 10.2. The van der Waals surface area contributed by atoms with Gasteiger partial charge < -0.3 is 10.0 Å². The average Bonchev–Trinajstić information content (AvgIpc) is 2.23. The Morgan fingerprint density at radius 3 is 2.81 bits per heavy atom. The first kappa shape index (κ1) is 13.1. The van der Waals surface area contributed by atoms with E-state index in [0.29, 0.717) is 18.7 Å². The van der Waals surface area contributed by atoms with Crippen LogP contribution in [-0.2, 0) is 9.59 Å². The second-order valence-corrected chi connectivity index (χ2v) is 4.76. The van der Waals surface area contributed by atoms with Crippen molar-refractivity contribution in [1.29, 1.82) is 0 Å². The van der Waals surface area contributed by atoms with Gasteiger partial charge in [0.2, 0.25) is 5.91 Å². The smallest absolute Gasteiger partial charge is 0.303 e. The summed E-state index contributed by atoms with van der Waals surface area (Å²) in [5.41, 5.74) is 0.995. The summed E-state index contributed by atoms with van der Waals surface area (Å²) in [5, 5.41) is 8.55. The average molecular weight is 243 g/mol. The van der Waals surface area contributed by atoms with Gasteiger partial charge in [0, 0.05) is 23.6 Å². The second-order valence-electron chi connectivity index (χ2n) is 3.69. The number of nitrogens with zero attached hydrogens (tertiary/aromatic N) is 1. The highest BCUT2D eigenvalue weighted by Crippen LogP contribution is 2.30. The van der Waals surface area contributed by atoms with Crippen molar-refractivity contribution in [3.05, 3.63) is 10.6 Å². The number of allylic oxidation sites excluding steroid dienone is 2. The van der Waals surface area contributed by atoms with E-state index in [1.165, 1.54) is 4.91 Å². The molecule has 0 unspecified atom stereocenters. The highest BCUT2D eigenvalue weighted by molar-refractivity contribution is 8.03. The number of carbonyl (C=O) groups is 2. The van der Waals surface area contributed by atoms with Crippen LogP contribution >= 0.6 is 11.8 Å². The summed E-state index contributed by atoms with van der Waals surface area (Å²) in [4.78, 5) is 25.0. The Balaban J connectivity index is 2.61. The maximum absolute atomic E-state index is 11.7. The molecule has 1 N–H and O–H groups in total. The lowest BCUT2D eigenvalue weighted by molar-refractivity contribution is -0.137. The van der Waals surface area contributed by atoms with Crippen molar-refractivity contribution >= 4 is 23.6 Å². The molecule has 0 aromatic rings. The van der Waals surface area contributed by atoms with Crippen molar-refractivity contribution in [2.24, 2.45) is 0 Å². The molecule has 0 saturated carbocycles. The van der Waals surface area contributed by atoms with Gasteiger partial charge in [-0.3, -0.25) is 9.59 Å². The molecular formula is C11H17NO3S. The molecule has 0 spiro atoms. The van der Waals surface area contributed by atoms with Gasteiger partial charge in [0.15, 0.2) is 0 Å². The van der Waals surface area contributed by atoms with Gasteiger partial charge >= 0.3 is 5.97 Å². The Morgan fingerprint density at radius 2 is 2.25 bits per heavy atom. The summed E-state index contributed by atoms with van der Waals surface area (Å²) < 4.78 is 0. The summed E-state index contributed by atoms with van der Waals surface area (Å²) in [5.74, 6) is -0.241. The molecule has 1 aliphatic rings. The van der Waals surface area contributed by atoms with Crippen molar-refractivity contribution in [2.45, 2.75) is 33.1 Å². The van der Waals surface area contributed by atoms with Crippen LogP contribution in [0.15, 0.2) is 10.6 Å². The summed E-state index contributed by atoms with van der Waals surface area (Å²) in [6.45, 7) is 4.52. The summed E-state index contributed by atoms with van der Waals surface area (Å²) in [7, 11) is 0. The number of hydrogen-bond acceptors (Lipinski definition) is 3. The quantitative estimate of drug-likeness (QED) is 0.803. The number of aliphatic carboxylic acids is 1. The van der Waals surface area contributed by atoms with E-state index >= 15 is 0 Å². The van der Waals surface area contributed by atoms with Crippen LogP contribution in [-0.4, -0.2) is 34.2 Å². The number of thioether (sulfide) groups is 1. The first-order chi connectivity index (χ1) is 7.56. The lowest BCUT2D eigenvalue weighted by Crippen LogP contribution is -2.35. The van der Waals surface area contributed by atoms with Crippen LogP contribution in [0.25, 0.3) is 0 Å². The molecule has 16 heavy (non-hydrogen) atoms. The van der Waals surface area contributed by atoms with Crippen LogP contribution in [0.5, 0.6) is 0 Å². The summed E-state index contributed by atoms with van der Waals surface area (Å²) in [6.07, 6.45) is 1.56. The fourth-order valence-corrected chi connectivity index (χ4v) is 2.68. The minimum Gasteiger partial charge on any atom is -0.481 e. The zero-order valence-electron chi connectivity index (χ0n) is 9.65. The molecule has 0 aromatic heterocycles. The molecule has 1 aliphatic heterocycles. The summed E-state index contributed by atoms with van der Waals surface area (Å²) >= 11 is 1.60. The van der Waals surface area contributed by atoms with Crippen molar-refractivity contribution in [2.75, 3.05) is 12.3 Å². The van der Waals surface area contributed by atoms with Gasteiger partial charge in [-0.05, 0) is 19.8 Å². The van der Waals surface area contributed by atoms with Gasteiger partial charge in [0.1, 0.15) is 0 Å². The molecule has 0 atom stereocenters. The zero-order chi connectivity index (χ0) is 12.1. The monoisotopic (exact) mass is 243 g/mol. The van der Waals surface area contributed by atoms with E-state index in [2.05, 4.69) is 6.92 Å². The first-order valence-corrected chi connectivity index (χ1v) is 6.39. The molecule has 0 saturated heterocycles. The third-order valence-corrected chi connectivity index (χ3v) is 3.90. The van der Waals surface area contributed by atoms with Crippen LogP contribution in [0.4, 0.5) is 0 Å². The number of carboxylic acids is 1. The molecule has 1 heterocycles. The maximum atomic E-state index is 11.7. The Morgan fingerprint density at radius 1 is 1.56 bits per heavy atom. The van der Waals surface area contributed by atoms with Gasteiger partial charge in [0.25, 0.3) is 0 Å². The lowest BCUT2D eigenvalue weighted by Gasteiger charge is -2.29. The third-order valence-electron chi connectivity index (χ3n) is 2.57. The summed E-state index contributed by atoms with van der Waals surface area (Å²) in [6, 6.07) is 0. The minimum atomic E-state index is -0.809. The maximum Gasteiger partial charge on any atom is 0.303 e. The number of carbonyl (C=O) groups excluding carboxylic acids is 1. The number of rotatable bonds is 5. The number of hydrogen-bond donors (Lipinski definition) is 1. The van der Waals surface area contributed by atoms with E-state index in [-0.39, 0.29) is 12.3 Å². The van der Waals surface area contributed by atoms with Crippen LogP contribution in [0.1, 0.15) is 33.1 Å². The SMILES string of the molecule is CCC1=C(C)N(CCCC(=O)O)C(=O)CS1. The van der Waals surface area contributed by atoms with E-state index in [4.69, 9.17) is 5.11 Å². The van der Waals surface area contributed by atoms with E-state index in [1.807, 2.05) is 6.92 Å². The predicted molar refractivity (Wildman–Crippen MR) is 64.0 cm³/mol. The molecule has 1 amide bonds. The molecule has 0 aliphatic carbocycles. The molecule has 0 fully saturated rings. The number of carboxylic acid groups (broad SMARTS) is 1. The molecule has 90 valence electrons. The molecule has 4 nitrogen and oxygen atoms in total. The molecule has 5 heteroatoms. The van der Waals surface area contributed by atoms with Gasteiger partial charge in [0.05, 0.1) is 5.75 Å².